The van der Waals surface area contributed by atoms with E-state index in [1.54, 1.807) is 11.1 Å². The van der Waals surface area contributed by atoms with Crippen molar-refractivity contribution < 1.29 is 0 Å². The first kappa shape index (κ1) is 10.1. The highest BCUT2D eigenvalue weighted by Crippen LogP contribution is 2.49. The van der Waals surface area contributed by atoms with Gasteiger partial charge in [-0.05, 0) is 35.1 Å². The zero-order valence-electron chi connectivity index (χ0n) is 10.4. The second-order valence-electron chi connectivity index (χ2n) is 5.56. The van der Waals surface area contributed by atoms with E-state index < -0.39 is 0 Å². The molecule has 1 aromatic rings. The average molecular weight is 232 g/mol. The Morgan fingerprint density at radius 1 is 0.778 bits per heavy atom. The Bertz CT molecular complexity index is 585. The molecule has 0 spiro atoms. The van der Waals surface area contributed by atoms with Crippen molar-refractivity contribution in [3.8, 4) is 0 Å². The van der Waals surface area contributed by atoms with E-state index in [2.05, 4.69) is 49.6 Å². The van der Waals surface area contributed by atoms with Crippen LogP contribution >= 0.6 is 0 Å². The Kier molecular flexibility index (Phi) is 1.89. The summed E-state index contributed by atoms with van der Waals surface area (Å²) in [5.74, 6) is 0.844. The van der Waals surface area contributed by atoms with E-state index in [0.29, 0.717) is 11.8 Å². The predicted octanol–water partition coefficient (Wildman–Crippen LogP) is 4.01. The van der Waals surface area contributed by atoms with Crippen LogP contribution in [-0.4, -0.2) is 0 Å². The van der Waals surface area contributed by atoms with Gasteiger partial charge < -0.3 is 0 Å². The van der Waals surface area contributed by atoms with Crippen molar-refractivity contribution in [3.63, 3.8) is 0 Å². The molecular weight excluding hydrogens is 216 g/mol. The van der Waals surface area contributed by atoms with Gasteiger partial charge >= 0.3 is 0 Å². The number of rotatable bonds is 0. The van der Waals surface area contributed by atoms with Crippen LogP contribution in [0.2, 0.25) is 0 Å². The molecule has 0 nitrogen and oxygen atoms in total. The molecule has 0 saturated heterocycles. The van der Waals surface area contributed by atoms with Crippen LogP contribution in [0.25, 0.3) is 0 Å². The van der Waals surface area contributed by atoms with Gasteiger partial charge in [-0.1, -0.05) is 60.7 Å². The first-order valence-electron chi connectivity index (χ1n) is 6.60. The molecule has 0 heterocycles. The maximum Gasteiger partial charge on any atom is 0.0232 e. The molecule has 0 aromatic heterocycles. The maximum atomic E-state index is 4.24. The molecule has 2 atom stereocenters. The summed E-state index contributed by atoms with van der Waals surface area (Å²) in [6.45, 7) is 8.48. The second-order valence-corrected chi connectivity index (χ2v) is 5.56. The molecule has 18 heavy (non-hydrogen) atoms. The van der Waals surface area contributed by atoms with Gasteiger partial charge in [0, 0.05) is 11.8 Å². The molecular formula is C18H16. The SMILES string of the molecule is C=C1C(=C)C2C=CC1C1=C2Cc2ccccc2C1. The van der Waals surface area contributed by atoms with Gasteiger partial charge in [-0.2, -0.15) is 0 Å². The summed E-state index contributed by atoms with van der Waals surface area (Å²) < 4.78 is 0. The molecule has 4 aliphatic rings. The van der Waals surface area contributed by atoms with Gasteiger partial charge in [-0.25, -0.2) is 0 Å². The van der Waals surface area contributed by atoms with Crippen molar-refractivity contribution in [3.05, 3.63) is 83.0 Å². The van der Waals surface area contributed by atoms with Crippen LogP contribution in [-0.2, 0) is 12.8 Å². The van der Waals surface area contributed by atoms with E-state index in [1.807, 2.05) is 0 Å². The third-order valence-electron chi connectivity index (χ3n) is 4.70. The van der Waals surface area contributed by atoms with Crippen LogP contribution in [0, 0.1) is 11.8 Å². The van der Waals surface area contributed by atoms with Crippen molar-refractivity contribution in [2.24, 2.45) is 11.8 Å². The molecule has 1 aromatic carbocycles. The van der Waals surface area contributed by atoms with Crippen LogP contribution < -0.4 is 0 Å². The summed E-state index contributed by atoms with van der Waals surface area (Å²) in [4.78, 5) is 0. The van der Waals surface area contributed by atoms with E-state index in [0.717, 1.165) is 12.8 Å². The summed E-state index contributed by atoms with van der Waals surface area (Å²) in [6, 6.07) is 8.83. The van der Waals surface area contributed by atoms with Crippen molar-refractivity contribution in [2.45, 2.75) is 12.8 Å². The fraction of sp³-hybridized carbons (Fsp3) is 0.222. The minimum Gasteiger partial charge on any atom is -0.0946 e. The average Bonchev–Trinajstić information content (AvgIpc) is 2.41. The number of hydrogen-bond donors (Lipinski definition) is 0. The van der Waals surface area contributed by atoms with Crippen LogP contribution in [0.4, 0.5) is 0 Å². The molecule has 0 radical (unpaired) electrons. The first-order chi connectivity index (χ1) is 8.75. The minimum atomic E-state index is 0.422. The Balaban J connectivity index is 1.87. The number of fused-ring (bicyclic) bond motifs is 2. The topological polar surface area (TPSA) is 0 Å². The van der Waals surface area contributed by atoms with Gasteiger partial charge in [0.1, 0.15) is 0 Å². The lowest BCUT2D eigenvalue weighted by Gasteiger charge is -2.42. The molecule has 5 rings (SSSR count). The molecule has 0 aliphatic heterocycles. The van der Waals surface area contributed by atoms with Gasteiger partial charge in [-0.15, -0.1) is 0 Å². The Morgan fingerprint density at radius 2 is 1.22 bits per heavy atom. The molecule has 0 heteroatoms. The van der Waals surface area contributed by atoms with Gasteiger partial charge in [0.05, 0.1) is 0 Å². The number of benzene rings is 1. The van der Waals surface area contributed by atoms with Crippen molar-refractivity contribution in [1.29, 1.82) is 0 Å². The van der Waals surface area contributed by atoms with Crippen molar-refractivity contribution in [2.75, 3.05) is 0 Å². The largest absolute Gasteiger partial charge is 0.0946 e. The van der Waals surface area contributed by atoms with E-state index in [4.69, 9.17) is 0 Å². The lowest BCUT2D eigenvalue weighted by molar-refractivity contribution is 0.650. The predicted molar refractivity (Wildman–Crippen MR) is 75.3 cm³/mol. The van der Waals surface area contributed by atoms with Gasteiger partial charge in [0.25, 0.3) is 0 Å². The summed E-state index contributed by atoms with van der Waals surface area (Å²) in [7, 11) is 0. The quantitative estimate of drug-likeness (QED) is 0.593. The van der Waals surface area contributed by atoms with Crippen molar-refractivity contribution in [1.82, 2.24) is 0 Å². The van der Waals surface area contributed by atoms with Gasteiger partial charge in [0.2, 0.25) is 0 Å². The van der Waals surface area contributed by atoms with E-state index in [9.17, 15) is 0 Å². The molecule has 0 saturated carbocycles. The molecule has 0 fully saturated rings. The monoisotopic (exact) mass is 232 g/mol. The highest BCUT2D eigenvalue weighted by molar-refractivity contribution is 5.59. The fourth-order valence-electron chi connectivity index (χ4n) is 3.67. The van der Waals surface area contributed by atoms with E-state index in [1.165, 1.54) is 22.3 Å². The number of allylic oxidation sites excluding steroid dienone is 6. The highest BCUT2D eigenvalue weighted by Gasteiger charge is 2.37. The zero-order chi connectivity index (χ0) is 12.3. The van der Waals surface area contributed by atoms with E-state index >= 15 is 0 Å². The van der Waals surface area contributed by atoms with E-state index in [-0.39, 0.29) is 0 Å². The maximum absolute atomic E-state index is 4.24. The summed E-state index contributed by atoms with van der Waals surface area (Å²) >= 11 is 0. The standard InChI is InChI=1S/C18H16/c1-11-12(2)16-8-7-15(11)17-9-13-5-3-4-6-14(13)10-18(16)17/h3-8,15-16H,1-2,9-10H2. The summed E-state index contributed by atoms with van der Waals surface area (Å²) in [6.07, 6.45) is 6.86. The summed E-state index contributed by atoms with van der Waals surface area (Å²) in [5, 5.41) is 0. The van der Waals surface area contributed by atoms with Crippen LogP contribution in [0.1, 0.15) is 11.1 Å². The number of hydrogen-bond acceptors (Lipinski definition) is 0. The smallest absolute Gasteiger partial charge is 0.0232 e. The Labute approximate surface area is 108 Å². The van der Waals surface area contributed by atoms with Gasteiger partial charge in [0.15, 0.2) is 0 Å². The normalized spacial score (nSPS) is 28.4. The lowest BCUT2D eigenvalue weighted by Crippen LogP contribution is -2.30. The molecule has 4 aliphatic carbocycles. The Morgan fingerprint density at radius 3 is 1.67 bits per heavy atom. The van der Waals surface area contributed by atoms with Crippen LogP contribution in [0.5, 0.6) is 0 Å². The second kappa shape index (κ2) is 3.35. The van der Waals surface area contributed by atoms with Crippen molar-refractivity contribution >= 4 is 0 Å². The highest BCUT2D eigenvalue weighted by atomic mass is 14.4. The lowest BCUT2D eigenvalue weighted by atomic mass is 9.62. The summed E-state index contributed by atoms with van der Waals surface area (Å²) in [5.41, 5.74) is 8.66. The molecule has 0 amide bonds. The van der Waals surface area contributed by atoms with Gasteiger partial charge in [-0.3, -0.25) is 0 Å². The third-order valence-corrected chi connectivity index (χ3v) is 4.70. The third kappa shape index (κ3) is 1.16. The first-order valence-corrected chi connectivity index (χ1v) is 6.60. The molecule has 2 unspecified atom stereocenters. The van der Waals surface area contributed by atoms with Crippen LogP contribution in [0.15, 0.2) is 71.9 Å². The fourth-order valence-corrected chi connectivity index (χ4v) is 3.67. The molecule has 88 valence electrons. The van der Waals surface area contributed by atoms with Crippen LogP contribution in [0.3, 0.4) is 0 Å². The minimum absolute atomic E-state index is 0.422. The molecule has 0 N–H and O–H groups in total. The Hall–Kier alpha value is -1.82. The zero-order valence-corrected chi connectivity index (χ0v) is 10.4. The molecule has 2 bridgehead atoms.